The highest BCUT2D eigenvalue weighted by molar-refractivity contribution is 8.00. The van der Waals surface area contributed by atoms with E-state index in [0.29, 0.717) is 10.6 Å². The summed E-state index contributed by atoms with van der Waals surface area (Å²) in [5.74, 6) is 4.17. The van der Waals surface area contributed by atoms with Crippen molar-refractivity contribution in [2.75, 3.05) is 11.5 Å². The number of nitrogens with one attached hydrogen (secondary N) is 1. The normalized spacial score (nSPS) is 9.86. The Morgan fingerprint density at radius 1 is 1.57 bits per heavy atom. The maximum Gasteiger partial charge on any atom is 0.244 e. The zero-order valence-electron chi connectivity index (χ0n) is 7.29. The fourth-order valence-corrected chi connectivity index (χ4v) is 1.55. The first-order valence-corrected chi connectivity index (χ1v) is 4.79. The van der Waals surface area contributed by atoms with Crippen molar-refractivity contribution < 1.29 is 9.18 Å². The zero-order chi connectivity index (χ0) is 10.6. The van der Waals surface area contributed by atoms with E-state index in [0.717, 1.165) is 11.8 Å². The lowest BCUT2D eigenvalue weighted by Gasteiger charge is -2.02. The number of rotatable bonds is 3. The molecule has 1 aromatic carbocycles. The Labute approximate surface area is 84.8 Å². The summed E-state index contributed by atoms with van der Waals surface area (Å²) in [6, 6.07) is 4.31. The van der Waals surface area contributed by atoms with E-state index in [-0.39, 0.29) is 11.7 Å². The molecule has 0 heterocycles. The van der Waals surface area contributed by atoms with E-state index >= 15 is 0 Å². The van der Waals surface area contributed by atoms with Crippen LogP contribution in [0.4, 0.5) is 10.1 Å². The Bertz CT molecular complexity index is 345. The van der Waals surface area contributed by atoms with Crippen LogP contribution in [0.1, 0.15) is 0 Å². The van der Waals surface area contributed by atoms with Gasteiger partial charge in [-0.3, -0.25) is 10.2 Å². The van der Waals surface area contributed by atoms with E-state index in [1.807, 2.05) is 5.43 Å². The molecule has 0 aromatic heterocycles. The molecule has 0 radical (unpaired) electrons. The first-order valence-electron chi connectivity index (χ1n) is 3.80. The van der Waals surface area contributed by atoms with Crippen molar-refractivity contribution in [2.24, 2.45) is 5.84 Å². The molecule has 0 saturated carbocycles. The van der Waals surface area contributed by atoms with Gasteiger partial charge in [0.25, 0.3) is 0 Å². The van der Waals surface area contributed by atoms with Gasteiger partial charge >= 0.3 is 0 Å². The number of hydrogen-bond donors (Lipinski definition) is 3. The van der Waals surface area contributed by atoms with E-state index in [9.17, 15) is 9.18 Å². The van der Waals surface area contributed by atoms with Crippen LogP contribution in [0.2, 0.25) is 0 Å². The molecule has 1 amide bonds. The van der Waals surface area contributed by atoms with Crippen LogP contribution in [0.3, 0.4) is 0 Å². The van der Waals surface area contributed by atoms with Crippen molar-refractivity contribution in [1.82, 2.24) is 5.43 Å². The SMILES string of the molecule is NNC(=O)CSc1ccc(N)cc1F. The molecule has 0 atom stereocenters. The third-order valence-electron chi connectivity index (χ3n) is 1.48. The molecule has 0 spiro atoms. The molecule has 6 heteroatoms. The van der Waals surface area contributed by atoms with Crippen LogP contribution in [-0.2, 0) is 4.79 Å². The monoisotopic (exact) mass is 215 g/mol. The molecular weight excluding hydrogens is 205 g/mol. The maximum absolute atomic E-state index is 13.1. The van der Waals surface area contributed by atoms with Crippen LogP contribution in [0.25, 0.3) is 0 Å². The van der Waals surface area contributed by atoms with E-state index in [2.05, 4.69) is 0 Å². The Kier molecular flexibility index (Phi) is 3.73. The standard InChI is InChI=1S/C8H10FN3OS/c9-6-3-5(10)1-2-7(6)14-4-8(13)12-11/h1-3H,4,10-11H2,(H,12,13). The third-order valence-corrected chi connectivity index (χ3v) is 2.52. The molecule has 76 valence electrons. The molecule has 1 rings (SSSR count). The van der Waals surface area contributed by atoms with Crippen molar-refractivity contribution in [2.45, 2.75) is 4.90 Å². The van der Waals surface area contributed by atoms with E-state index in [4.69, 9.17) is 11.6 Å². The number of benzene rings is 1. The Hall–Kier alpha value is -1.27. The summed E-state index contributed by atoms with van der Waals surface area (Å²) >= 11 is 1.07. The molecule has 0 aliphatic heterocycles. The Morgan fingerprint density at radius 2 is 2.29 bits per heavy atom. The van der Waals surface area contributed by atoms with Gasteiger partial charge in [-0.25, -0.2) is 10.2 Å². The largest absolute Gasteiger partial charge is 0.399 e. The van der Waals surface area contributed by atoms with Crippen LogP contribution in [0.5, 0.6) is 0 Å². The summed E-state index contributed by atoms with van der Waals surface area (Å²) in [6.45, 7) is 0. The minimum absolute atomic E-state index is 0.0807. The molecule has 0 fully saturated rings. The second kappa shape index (κ2) is 4.83. The van der Waals surface area contributed by atoms with Crippen molar-refractivity contribution in [3.8, 4) is 0 Å². The van der Waals surface area contributed by atoms with Gasteiger partial charge in [0.15, 0.2) is 0 Å². The number of thioether (sulfide) groups is 1. The molecule has 0 bridgehead atoms. The molecule has 5 N–H and O–H groups in total. The van der Waals surface area contributed by atoms with Crippen molar-refractivity contribution >= 4 is 23.4 Å². The lowest BCUT2D eigenvalue weighted by molar-refractivity contribution is -0.118. The van der Waals surface area contributed by atoms with Gasteiger partial charge in [-0.15, -0.1) is 11.8 Å². The number of nitrogens with two attached hydrogens (primary N) is 2. The Balaban J connectivity index is 2.63. The van der Waals surface area contributed by atoms with Crippen LogP contribution in [0, 0.1) is 5.82 Å². The molecule has 14 heavy (non-hydrogen) atoms. The van der Waals surface area contributed by atoms with Crippen molar-refractivity contribution in [1.29, 1.82) is 0 Å². The average molecular weight is 215 g/mol. The molecule has 4 nitrogen and oxygen atoms in total. The third kappa shape index (κ3) is 2.90. The van der Waals surface area contributed by atoms with Gasteiger partial charge in [0.1, 0.15) is 5.82 Å². The molecule has 0 saturated heterocycles. The summed E-state index contributed by atoms with van der Waals surface area (Å²) in [5.41, 5.74) is 7.68. The maximum atomic E-state index is 13.1. The number of halogens is 1. The number of hydrazine groups is 1. The van der Waals surface area contributed by atoms with E-state index < -0.39 is 5.82 Å². The Morgan fingerprint density at radius 3 is 2.86 bits per heavy atom. The van der Waals surface area contributed by atoms with Gasteiger partial charge in [-0.05, 0) is 18.2 Å². The van der Waals surface area contributed by atoms with Gasteiger partial charge in [0.2, 0.25) is 5.91 Å². The first-order chi connectivity index (χ1) is 6.63. The second-order valence-electron chi connectivity index (χ2n) is 2.55. The molecule has 0 aliphatic carbocycles. The summed E-state index contributed by atoms with van der Waals surface area (Å²) in [6.07, 6.45) is 0. The second-order valence-corrected chi connectivity index (χ2v) is 3.56. The average Bonchev–Trinajstić information content (AvgIpc) is 2.16. The highest BCUT2D eigenvalue weighted by Crippen LogP contribution is 2.22. The number of hydrogen-bond acceptors (Lipinski definition) is 4. The van der Waals surface area contributed by atoms with Crippen molar-refractivity contribution in [3.05, 3.63) is 24.0 Å². The summed E-state index contributed by atoms with van der Waals surface area (Å²) in [7, 11) is 0. The summed E-state index contributed by atoms with van der Waals surface area (Å²) in [5, 5.41) is 0. The van der Waals surface area contributed by atoms with Crippen LogP contribution < -0.4 is 17.0 Å². The van der Waals surface area contributed by atoms with Gasteiger partial charge in [0, 0.05) is 10.6 Å². The summed E-state index contributed by atoms with van der Waals surface area (Å²) < 4.78 is 13.1. The fraction of sp³-hybridized carbons (Fsp3) is 0.125. The van der Waals surface area contributed by atoms with Gasteiger partial charge in [-0.2, -0.15) is 0 Å². The predicted octanol–water partition coefficient (Wildman–Crippen LogP) is 0.490. The smallest absolute Gasteiger partial charge is 0.244 e. The van der Waals surface area contributed by atoms with Crippen LogP contribution >= 0.6 is 11.8 Å². The molecular formula is C8H10FN3OS. The number of carbonyl (C=O) groups excluding carboxylic acids is 1. The molecule has 0 unspecified atom stereocenters. The van der Waals surface area contributed by atoms with Gasteiger partial charge in [-0.1, -0.05) is 0 Å². The highest BCUT2D eigenvalue weighted by Gasteiger charge is 2.05. The quantitative estimate of drug-likeness (QED) is 0.225. The lowest BCUT2D eigenvalue weighted by atomic mass is 10.3. The minimum Gasteiger partial charge on any atom is -0.399 e. The lowest BCUT2D eigenvalue weighted by Crippen LogP contribution is -2.31. The number of amides is 1. The zero-order valence-corrected chi connectivity index (χ0v) is 8.10. The summed E-state index contributed by atoms with van der Waals surface area (Å²) in [4.78, 5) is 11.1. The van der Waals surface area contributed by atoms with Crippen LogP contribution in [-0.4, -0.2) is 11.7 Å². The predicted molar refractivity (Wildman–Crippen MR) is 53.9 cm³/mol. The van der Waals surface area contributed by atoms with Crippen LogP contribution in [0.15, 0.2) is 23.1 Å². The highest BCUT2D eigenvalue weighted by atomic mass is 32.2. The van der Waals surface area contributed by atoms with Gasteiger partial charge in [0.05, 0.1) is 5.75 Å². The minimum atomic E-state index is -0.431. The number of carbonyl (C=O) groups is 1. The van der Waals surface area contributed by atoms with E-state index in [1.54, 1.807) is 6.07 Å². The number of anilines is 1. The molecule has 1 aromatic rings. The fourth-order valence-electron chi connectivity index (χ4n) is 0.819. The van der Waals surface area contributed by atoms with E-state index in [1.165, 1.54) is 12.1 Å². The number of nitrogen functional groups attached to an aromatic ring is 1. The molecule has 0 aliphatic rings. The van der Waals surface area contributed by atoms with Gasteiger partial charge < -0.3 is 5.73 Å². The topological polar surface area (TPSA) is 81.1 Å². The van der Waals surface area contributed by atoms with Crippen molar-refractivity contribution in [3.63, 3.8) is 0 Å². The first kappa shape index (κ1) is 10.8.